The lowest BCUT2D eigenvalue weighted by Crippen LogP contribution is -2.47. The van der Waals surface area contributed by atoms with Crippen molar-refractivity contribution in [3.63, 3.8) is 0 Å². The fraction of sp³-hybridized carbons (Fsp3) is 0.714. The van der Waals surface area contributed by atoms with Crippen LogP contribution in [-0.2, 0) is 6.54 Å². The van der Waals surface area contributed by atoms with E-state index >= 15 is 0 Å². The Morgan fingerprint density at radius 3 is 3.08 bits per heavy atom. The molecule has 0 unspecified atom stereocenters. The van der Waals surface area contributed by atoms with E-state index in [0.29, 0.717) is 12.5 Å². The second-order valence-corrected chi connectivity index (χ2v) is 3.75. The van der Waals surface area contributed by atoms with Crippen LogP contribution in [0.1, 0.15) is 5.69 Å². The molecule has 1 aromatic rings. The van der Waals surface area contributed by atoms with Crippen molar-refractivity contribution in [1.29, 1.82) is 0 Å². The summed E-state index contributed by atoms with van der Waals surface area (Å²) in [6, 6.07) is 0. The quantitative estimate of drug-likeness (QED) is 0.718. The maximum atomic E-state index is 8.78. The molecule has 1 aliphatic rings. The third kappa shape index (κ3) is 1.63. The van der Waals surface area contributed by atoms with Crippen LogP contribution in [0.15, 0.2) is 5.38 Å². The molecular weight excluding hydrogens is 174 g/mol. The summed E-state index contributed by atoms with van der Waals surface area (Å²) in [6.45, 7) is 3.18. The smallest absolute Gasteiger partial charge is 0.0895 e. The van der Waals surface area contributed by atoms with Gasteiger partial charge in [0.25, 0.3) is 0 Å². The zero-order chi connectivity index (χ0) is 8.39. The highest BCUT2D eigenvalue weighted by Gasteiger charge is 2.25. The van der Waals surface area contributed by atoms with Crippen LogP contribution in [0.2, 0.25) is 0 Å². The molecule has 12 heavy (non-hydrogen) atoms. The van der Waals surface area contributed by atoms with Crippen molar-refractivity contribution in [2.75, 3.05) is 19.7 Å². The van der Waals surface area contributed by atoms with Crippen molar-refractivity contribution in [3.8, 4) is 0 Å². The molecule has 0 amide bonds. The summed E-state index contributed by atoms with van der Waals surface area (Å²) in [7, 11) is 0. The van der Waals surface area contributed by atoms with Crippen LogP contribution in [0.25, 0.3) is 0 Å². The van der Waals surface area contributed by atoms with Crippen LogP contribution in [0.5, 0.6) is 0 Å². The molecule has 66 valence electrons. The first-order valence-electron chi connectivity index (χ1n) is 3.97. The Bertz CT molecular complexity index is 233. The van der Waals surface area contributed by atoms with E-state index in [2.05, 4.69) is 14.5 Å². The zero-order valence-electron chi connectivity index (χ0n) is 6.68. The normalized spacial score (nSPS) is 19.4. The number of aliphatic hydroxyl groups is 1. The molecular formula is C7H11N3OS. The van der Waals surface area contributed by atoms with Gasteiger partial charge in [-0.15, -0.1) is 5.10 Å². The van der Waals surface area contributed by atoms with E-state index in [-0.39, 0.29) is 0 Å². The second-order valence-electron chi connectivity index (χ2n) is 3.14. The predicted octanol–water partition coefficient (Wildman–Crippen LogP) is -0.0378. The summed E-state index contributed by atoms with van der Waals surface area (Å²) in [5.41, 5.74) is 1.04. The van der Waals surface area contributed by atoms with E-state index < -0.39 is 0 Å². The van der Waals surface area contributed by atoms with Crippen LogP contribution in [-0.4, -0.2) is 39.3 Å². The molecule has 1 aliphatic heterocycles. The topological polar surface area (TPSA) is 49.2 Å². The van der Waals surface area contributed by atoms with Gasteiger partial charge in [0, 0.05) is 37.5 Å². The first kappa shape index (κ1) is 8.10. The summed E-state index contributed by atoms with van der Waals surface area (Å²) < 4.78 is 3.79. The number of likely N-dealkylation sites (tertiary alicyclic amines) is 1. The van der Waals surface area contributed by atoms with Gasteiger partial charge in [0.05, 0.1) is 5.69 Å². The van der Waals surface area contributed by atoms with Gasteiger partial charge in [-0.25, -0.2) is 0 Å². The predicted molar refractivity (Wildman–Crippen MR) is 45.8 cm³/mol. The van der Waals surface area contributed by atoms with Gasteiger partial charge in [-0.3, -0.25) is 4.90 Å². The molecule has 0 radical (unpaired) electrons. The minimum Gasteiger partial charge on any atom is -0.396 e. The monoisotopic (exact) mass is 185 g/mol. The highest BCUT2D eigenvalue weighted by atomic mass is 32.1. The minimum atomic E-state index is 0.311. The van der Waals surface area contributed by atoms with Crippen molar-refractivity contribution in [2.24, 2.45) is 5.92 Å². The molecule has 2 heterocycles. The van der Waals surface area contributed by atoms with E-state index in [0.717, 1.165) is 25.3 Å². The van der Waals surface area contributed by atoms with Crippen molar-refractivity contribution in [1.82, 2.24) is 14.5 Å². The minimum absolute atomic E-state index is 0.311. The average molecular weight is 185 g/mol. The lowest BCUT2D eigenvalue weighted by molar-refractivity contribution is 0.0470. The van der Waals surface area contributed by atoms with Gasteiger partial charge in [-0.2, -0.15) is 0 Å². The first-order valence-corrected chi connectivity index (χ1v) is 4.81. The number of hydrogen-bond acceptors (Lipinski definition) is 5. The molecule has 1 aromatic heterocycles. The molecule has 1 N–H and O–H groups in total. The number of rotatable bonds is 3. The Balaban J connectivity index is 1.77. The fourth-order valence-electron chi connectivity index (χ4n) is 1.40. The van der Waals surface area contributed by atoms with Gasteiger partial charge >= 0.3 is 0 Å². The number of aliphatic hydroxyl groups excluding tert-OH is 1. The molecule has 0 aliphatic carbocycles. The Kier molecular flexibility index (Phi) is 2.34. The van der Waals surface area contributed by atoms with Crippen molar-refractivity contribution >= 4 is 11.5 Å². The second kappa shape index (κ2) is 3.47. The third-order valence-electron chi connectivity index (χ3n) is 2.08. The molecule has 5 heteroatoms. The largest absolute Gasteiger partial charge is 0.396 e. The zero-order valence-corrected chi connectivity index (χ0v) is 7.50. The number of nitrogens with zero attached hydrogens (tertiary/aromatic N) is 3. The van der Waals surface area contributed by atoms with Gasteiger partial charge in [-0.1, -0.05) is 4.49 Å². The number of aromatic nitrogens is 2. The summed E-state index contributed by atoms with van der Waals surface area (Å²) >= 11 is 1.39. The van der Waals surface area contributed by atoms with Gasteiger partial charge in [0.2, 0.25) is 0 Å². The summed E-state index contributed by atoms with van der Waals surface area (Å²) in [5.74, 6) is 0.483. The third-order valence-corrected chi connectivity index (χ3v) is 2.64. The maximum Gasteiger partial charge on any atom is 0.0895 e. The Hall–Kier alpha value is -0.520. The summed E-state index contributed by atoms with van der Waals surface area (Å²) in [6.07, 6.45) is 0. The van der Waals surface area contributed by atoms with E-state index in [1.54, 1.807) is 0 Å². The van der Waals surface area contributed by atoms with E-state index in [4.69, 9.17) is 5.11 Å². The van der Waals surface area contributed by atoms with Crippen LogP contribution >= 0.6 is 11.5 Å². The molecule has 0 atom stereocenters. The fourth-order valence-corrected chi connectivity index (χ4v) is 1.85. The van der Waals surface area contributed by atoms with Crippen LogP contribution in [0, 0.1) is 5.92 Å². The van der Waals surface area contributed by atoms with E-state index in [1.807, 2.05) is 5.38 Å². The van der Waals surface area contributed by atoms with Crippen molar-refractivity contribution in [3.05, 3.63) is 11.1 Å². The standard InChI is InChI=1S/C7H11N3OS/c11-4-6-1-10(2-6)3-7-5-12-9-8-7/h5-6,11H,1-4H2. The molecule has 4 nitrogen and oxygen atoms in total. The van der Waals surface area contributed by atoms with Crippen LogP contribution in [0.4, 0.5) is 0 Å². The summed E-state index contributed by atoms with van der Waals surface area (Å²) in [5, 5.41) is 14.7. The molecule has 0 bridgehead atoms. The van der Waals surface area contributed by atoms with Crippen LogP contribution in [0.3, 0.4) is 0 Å². The first-order chi connectivity index (χ1) is 5.88. The van der Waals surface area contributed by atoms with Crippen molar-refractivity contribution in [2.45, 2.75) is 6.54 Å². The Morgan fingerprint density at radius 1 is 1.67 bits per heavy atom. The van der Waals surface area contributed by atoms with Crippen molar-refractivity contribution < 1.29 is 5.11 Å². The van der Waals surface area contributed by atoms with E-state index in [1.165, 1.54) is 11.5 Å². The molecule has 1 fully saturated rings. The Morgan fingerprint density at radius 2 is 2.50 bits per heavy atom. The highest BCUT2D eigenvalue weighted by Crippen LogP contribution is 2.16. The lowest BCUT2D eigenvalue weighted by atomic mass is 10.0. The molecule has 1 saturated heterocycles. The van der Waals surface area contributed by atoms with E-state index in [9.17, 15) is 0 Å². The van der Waals surface area contributed by atoms with Gasteiger partial charge in [-0.05, 0) is 11.5 Å². The summed E-state index contributed by atoms with van der Waals surface area (Å²) in [4.78, 5) is 2.26. The lowest BCUT2D eigenvalue weighted by Gasteiger charge is -2.37. The molecule has 2 rings (SSSR count). The molecule has 0 aromatic carbocycles. The van der Waals surface area contributed by atoms with Crippen LogP contribution < -0.4 is 0 Å². The Labute approximate surface area is 75.0 Å². The van der Waals surface area contributed by atoms with Gasteiger partial charge < -0.3 is 5.11 Å². The van der Waals surface area contributed by atoms with Gasteiger partial charge in [0.1, 0.15) is 0 Å². The highest BCUT2D eigenvalue weighted by molar-refractivity contribution is 7.03. The number of hydrogen-bond donors (Lipinski definition) is 1. The molecule has 0 spiro atoms. The maximum absolute atomic E-state index is 8.78. The SMILES string of the molecule is OCC1CN(Cc2csnn2)C1. The average Bonchev–Trinajstić information content (AvgIpc) is 2.47. The van der Waals surface area contributed by atoms with Gasteiger partial charge in [0.15, 0.2) is 0 Å². The molecule has 0 saturated carbocycles.